The molecular weight excluding hydrogens is 477 g/mol. The number of likely N-dealkylation sites (tertiary alicyclic amines) is 1. The molecule has 0 unspecified atom stereocenters. The molecule has 3 heterocycles. The van der Waals surface area contributed by atoms with E-state index in [2.05, 4.69) is 20.3 Å². The molecule has 0 spiro atoms. The molecule has 2 atom stereocenters. The molecule has 2 fully saturated rings. The lowest BCUT2D eigenvalue weighted by atomic mass is 10.0. The van der Waals surface area contributed by atoms with Crippen molar-refractivity contribution >= 4 is 22.8 Å². The molecule has 10 heteroatoms. The number of carbonyl (C=O) groups excluding carboxylic acids is 2. The lowest BCUT2D eigenvalue weighted by Gasteiger charge is -2.17. The summed E-state index contributed by atoms with van der Waals surface area (Å²) in [6, 6.07) is 3.25. The first kappa shape index (κ1) is 25.1. The predicted molar refractivity (Wildman–Crippen MR) is 136 cm³/mol. The van der Waals surface area contributed by atoms with Crippen molar-refractivity contribution in [2.75, 3.05) is 33.4 Å². The molecule has 0 bridgehead atoms. The van der Waals surface area contributed by atoms with Gasteiger partial charge in [-0.1, -0.05) is 13.0 Å². The zero-order valence-electron chi connectivity index (χ0n) is 21.6. The summed E-state index contributed by atoms with van der Waals surface area (Å²) in [6.07, 6.45) is 3.58. The van der Waals surface area contributed by atoms with Crippen molar-refractivity contribution in [2.45, 2.75) is 39.7 Å². The van der Waals surface area contributed by atoms with Crippen molar-refractivity contribution in [3.63, 3.8) is 0 Å². The minimum atomic E-state index is -0.410. The Balaban J connectivity index is 1.46. The highest BCUT2D eigenvalue weighted by atomic mass is 19.1. The number of benzene rings is 1. The molecule has 0 radical (unpaired) electrons. The summed E-state index contributed by atoms with van der Waals surface area (Å²) in [5, 5.41) is 3.07. The average Bonchev–Trinajstić information content (AvgIpc) is 3.53. The number of aromatic amines is 1. The predicted octanol–water partition coefficient (Wildman–Crippen LogP) is 3.39. The Hall–Kier alpha value is -3.53. The average molecular weight is 510 g/mol. The van der Waals surface area contributed by atoms with Crippen LogP contribution in [0.3, 0.4) is 0 Å². The Morgan fingerprint density at radius 2 is 2.00 bits per heavy atom. The molecule has 2 N–H and O–H groups in total. The minimum Gasteiger partial charge on any atom is -0.492 e. The van der Waals surface area contributed by atoms with Crippen LogP contribution in [0.4, 0.5) is 4.39 Å². The number of aromatic nitrogens is 3. The van der Waals surface area contributed by atoms with Gasteiger partial charge < -0.3 is 24.7 Å². The molecule has 1 saturated carbocycles. The number of aryl methyl sites for hydroxylation is 2. The quantitative estimate of drug-likeness (QED) is 0.482. The van der Waals surface area contributed by atoms with Crippen LogP contribution in [0, 0.1) is 31.5 Å². The van der Waals surface area contributed by atoms with Crippen LogP contribution in [-0.2, 0) is 9.53 Å². The van der Waals surface area contributed by atoms with Crippen LogP contribution >= 0.6 is 0 Å². The van der Waals surface area contributed by atoms with E-state index in [9.17, 15) is 9.59 Å². The van der Waals surface area contributed by atoms with Gasteiger partial charge >= 0.3 is 0 Å². The zero-order valence-corrected chi connectivity index (χ0v) is 21.6. The van der Waals surface area contributed by atoms with Crippen molar-refractivity contribution in [3.05, 3.63) is 41.1 Å². The van der Waals surface area contributed by atoms with E-state index >= 15 is 4.39 Å². The molecule has 1 aliphatic carbocycles. The number of halogens is 1. The van der Waals surface area contributed by atoms with Gasteiger partial charge in [0.25, 0.3) is 5.91 Å². The van der Waals surface area contributed by atoms with Gasteiger partial charge in [-0.05, 0) is 50.2 Å². The van der Waals surface area contributed by atoms with Crippen LogP contribution in [0.5, 0.6) is 5.75 Å². The van der Waals surface area contributed by atoms with E-state index in [0.717, 1.165) is 12.8 Å². The van der Waals surface area contributed by atoms with Gasteiger partial charge in [-0.3, -0.25) is 9.59 Å². The maximum absolute atomic E-state index is 15.5. The van der Waals surface area contributed by atoms with Gasteiger partial charge in [-0.15, -0.1) is 0 Å². The van der Waals surface area contributed by atoms with E-state index in [4.69, 9.17) is 9.47 Å². The van der Waals surface area contributed by atoms with Crippen molar-refractivity contribution in [1.82, 2.24) is 25.2 Å². The second kappa shape index (κ2) is 10.1. The molecule has 37 heavy (non-hydrogen) atoms. The Labute approximate surface area is 214 Å². The minimum absolute atomic E-state index is 0.0104. The van der Waals surface area contributed by atoms with Gasteiger partial charge in [0.05, 0.1) is 29.3 Å². The lowest BCUT2D eigenvalue weighted by Crippen LogP contribution is -2.41. The van der Waals surface area contributed by atoms with Crippen LogP contribution in [0.2, 0.25) is 0 Å². The van der Waals surface area contributed by atoms with Crippen LogP contribution in [0.15, 0.2) is 18.5 Å². The van der Waals surface area contributed by atoms with Gasteiger partial charge in [0.2, 0.25) is 5.91 Å². The number of H-pyrrole nitrogens is 1. The van der Waals surface area contributed by atoms with Crippen LogP contribution in [-0.4, -0.2) is 71.1 Å². The third-order valence-corrected chi connectivity index (χ3v) is 7.25. The molecule has 1 aliphatic heterocycles. The summed E-state index contributed by atoms with van der Waals surface area (Å²) in [6.45, 7) is 6.97. The van der Waals surface area contributed by atoms with E-state index in [-0.39, 0.29) is 35.9 Å². The fourth-order valence-electron chi connectivity index (χ4n) is 4.90. The van der Waals surface area contributed by atoms with Crippen molar-refractivity contribution in [3.8, 4) is 17.0 Å². The Bertz CT molecular complexity index is 1350. The van der Waals surface area contributed by atoms with E-state index in [1.807, 2.05) is 6.92 Å². The number of carbonyl (C=O) groups is 2. The van der Waals surface area contributed by atoms with E-state index in [1.165, 1.54) is 13.4 Å². The normalized spacial score (nSPS) is 19.4. The second-order valence-electron chi connectivity index (χ2n) is 10.2. The van der Waals surface area contributed by atoms with E-state index in [0.29, 0.717) is 64.9 Å². The largest absolute Gasteiger partial charge is 0.492 e. The molecule has 3 aromatic rings. The smallest absolute Gasteiger partial charge is 0.255 e. The molecular formula is C27H32FN5O4. The number of methoxy groups -OCH3 is 1. The maximum Gasteiger partial charge on any atom is 0.255 e. The van der Waals surface area contributed by atoms with Crippen LogP contribution in [0.1, 0.15) is 41.4 Å². The third kappa shape index (κ3) is 4.90. The highest BCUT2D eigenvalue weighted by Crippen LogP contribution is 2.39. The number of hydrogen-bond acceptors (Lipinski definition) is 6. The number of amides is 2. The summed E-state index contributed by atoms with van der Waals surface area (Å²) in [5.41, 5.74) is 2.95. The topological polar surface area (TPSA) is 109 Å². The van der Waals surface area contributed by atoms with Crippen LogP contribution < -0.4 is 10.1 Å². The molecule has 2 aromatic heterocycles. The number of ether oxygens (including phenoxy) is 2. The maximum atomic E-state index is 15.5. The number of fused-ring (bicyclic) bond motifs is 1. The fourth-order valence-corrected chi connectivity index (χ4v) is 4.90. The SMILES string of the molecule is COCC(=O)N1C[C@@H](C)[C@H](NC(=O)c2c(C)[nH]c3c(-c4c(OCC5CC5)ccc(C)c4F)ncnc23)C1. The number of hydrogen-bond donors (Lipinski definition) is 2. The fraction of sp³-hybridized carbons (Fsp3) is 0.481. The summed E-state index contributed by atoms with van der Waals surface area (Å²) in [4.78, 5) is 39.4. The van der Waals surface area contributed by atoms with Crippen LogP contribution in [0.25, 0.3) is 22.3 Å². The van der Waals surface area contributed by atoms with Gasteiger partial charge in [0.1, 0.15) is 35.7 Å². The van der Waals surface area contributed by atoms with Crippen molar-refractivity contribution in [1.29, 1.82) is 0 Å². The van der Waals surface area contributed by atoms with Crippen molar-refractivity contribution < 1.29 is 23.5 Å². The molecule has 5 rings (SSSR count). The molecule has 1 saturated heterocycles. The van der Waals surface area contributed by atoms with E-state index in [1.54, 1.807) is 30.9 Å². The standard InChI is InChI=1S/C27H32FN5O4/c1-14-5-8-19(37-11-17-6-7-17)22(23(14)28)25-26-24(29-13-30-25)21(16(3)31-26)27(35)32-18-10-33(9-15(18)2)20(34)12-36-4/h5,8,13,15,17-18,31H,6-7,9-12H2,1-4H3,(H,32,35)/t15-,18-/m1/s1. The summed E-state index contributed by atoms with van der Waals surface area (Å²) in [5.74, 6) is 0.186. The number of nitrogens with zero attached hydrogens (tertiary/aromatic N) is 3. The molecule has 196 valence electrons. The third-order valence-electron chi connectivity index (χ3n) is 7.25. The molecule has 9 nitrogen and oxygen atoms in total. The Morgan fingerprint density at radius 3 is 2.73 bits per heavy atom. The first-order valence-corrected chi connectivity index (χ1v) is 12.6. The highest BCUT2D eigenvalue weighted by molar-refractivity contribution is 6.09. The Kier molecular flexibility index (Phi) is 6.85. The molecule has 2 aliphatic rings. The highest BCUT2D eigenvalue weighted by Gasteiger charge is 2.34. The van der Waals surface area contributed by atoms with Crippen molar-refractivity contribution in [2.24, 2.45) is 11.8 Å². The Morgan fingerprint density at radius 1 is 1.22 bits per heavy atom. The van der Waals surface area contributed by atoms with E-state index < -0.39 is 5.82 Å². The van der Waals surface area contributed by atoms with Gasteiger partial charge in [0, 0.05) is 25.9 Å². The summed E-state index contributed by atoms with van der Waals surface area (Å²) >= 11 is 0. The number of rotatable bonds is 8. The molecule has 1 aromatic carbocycles. The van der Waals surface area contributed by atoms with Gasteiger partial charge in [-0.2, -0.15) is 0 Å². The lowest BCUT2D eigenvalue weighted by molar-refractivity contribution is -0.134. The summed E-state index contributed by atoms with van der Waals surface area (Å²) < 4.78 is 26.4. The van der Waals surface area contributed by atoms with Gasteiger partial charge in [0.15, 0.2) is 0 Å². The monoisotopic (exact) mass is 509 g/mol. The first-order valence-electron chi connectivity index (χ1n) is 12.6. The second-order valence-corrected chi connectivity index (χ2v) is 10.2. The number of nitrogens with one attached hydrogen (secondary N) is 2. The first-order chi connectivity index (χ1) is 17.8. The van der Waals surface area contributed by atoms with Gasteiger partial charge in [-0.25, -0.2) is 14.4 Å². The summed E-state index contributed by atoms with van der Waals surface area (Å²) in [7, 11) is 1.48. The zero-order chi connectivity index (χ0) is 26.3. The molecule has 2 amide bonds.